The molecule has 2 atom stereocenters. The van der Waals surface area contributed by atoms with E-state index in [0.717, 1.165) is 38.2 Å². The van der Waals surface area contributed by atoms with E-state index < -0.39 is 0 Å². The zero-order chi connectivity index (χ0) is 18.5. The number of carbonyl (C=O) groups is 1. The predicted molar refractivity (Wildman–Crippen MR) is 100 cm³/mol. The summed E-state index contributed by atoms with van der Waals surface area (Å²) in [6.45, 7) is 4.13. The van der Waals surface area contributed by atoms with E-state index >= 15 is 0 Å². The van der Waals surface area contributed by atoms with Crippen LogP contribution in [0.25, 0.3) is 0 Å². The number of amides is 2. The normalized spacial score (nSPS) is 22.5. The molecule has 8 nitrogen and oxygen atoms in total. The number of nitrogens with zero attached hydrogens (tertiary/aromatic N) is 5. The number of rotatable bonds is 5. The Morgan fingerprint density at radius 1 is 1.26 bits per heavy atom. The molecule has 0 radical (unpaired) electrons. The van der Waals surface area contributed by atoms with Gasteiger partial charge in [-0.25, -0.2) is 14.5 Å². The number of aromatic nitrogens is 3. The SMILES string of the molecule is O=C(NCC(c1ccco1)N1CCCCC1)N1CCCC(n2cncn2)C1. The lowest BCUT2D eigenvalue weighted by Crippen LogP contribution is -2.48. The molecule has 2 amide bonds. The van der Waals surface area contributed by atoms with Gasteiger partial charge in [-0.05, 0) is 50.9 Å². The Kier molecular flexibility index (Phi) is 5.72. The molecule has 27 heavy (non-hydrogen) atoms. The molecule has 2 aromatic heterocycles. The Balaban J connectivity index is 1.36. The quantitative estimate of drug-likeness (QED) is 0.872. The molecular formula is C19H28N6O2. The Bertz CT molecular complexity index is 696. The second-order valence-corrected chi connectivity index (χ2v) is 7.43. The Morgan fingerprint density at radius 2 is 2.15 bits per heavy atom. The first kappa shape index (κ1) is 18.0. The minimum Gasteiger partial charge on any atom is -0.468 e. The zero-order valence-corrected chi connectivity index (χ0v) is 15.7. The first-order valence-corrected chi connectivity index (χ1v) is 9.95. The van der Waals surface area contributed by atoms with Crippen LogP contribution in [0.5, 0.6) is 0 Å². The van der Waals surface area contributed by atoms with Gasteiger partial charge in [-0.1, -0.05) is 6.42 Å². The summed E-state index contributed by atoms with van der Waals surface area (Å²) in [6, 6.07) is 4.22. The van der Waals surface area contributed by atoms with Crippen LogP contribution in [0.4, 0.5) is 4.79 Å². The van der Waals surface area contributed by atoms with Crippen LogP contribution in [0.1, 0.15) is 49.9 Å². The molecule has 2 aliphatic rings. The summed E-state index contributed by atoms with van der Waals surface area (Å²) < 4.78 is 7.53. The van der Waals surface area contributed by atoms with Crippen LogP contribution in [0.2, 0.25) is 0 Å². The van der Waals surface area contributed by atoms with E-state index in [4.69, 9.17) is 4.42 Å². The summed E-state index contributed by atoms with van der Waals surface area (Å²) in [5.41, 5.74) is 0. The Labute approximate surface area is 159 Å². The number of nitrogens with one attached hydrogen (secondary N) is 1. The fourth-order valence-electron chi connectivity index (χ4n) is 4.18. The average Bonchev–Trinajstić information content (AvgIpc) is 3.43. The second-order valence-electron chi connectivity index (χ2n) is 7.43. The smallest absolute Gasteiger partial charge is 0.317 e. The highest BCUT2D eigenvalue weighted by Crippen LogP contribution is 2.25. The maximum absolute atomic E-state index is 12.8. The number of carbonyl (C=O) groups excluding carboxylic acids is 1. The van der Waals surface area contributed by atoms with Gasteiger partial charge in [0.25, 0.3) is 0 Å². The molecule has 4 rings (SSSR count). The molecule has 4 heterocycles. The Hall–Kier alpha value is -2.35. The molecule has 2 aliphatic heterocycles. The van der Waals surface area contributed by atoms with Crippen molar-refractivity contribution in [1.29, 1.82) is 0 Å². The Morgan fingerprint density at radius 3 is 2.89 bits per heavy atom. The topological polar surface area (TPSA) is 79.4 Å². The summed E-state index contributed by atoms with van der Waals surface area (Å²) >= 11 is 0. The van der Waals surface area contributed by atoms with Crippen molar-refractivity contribution >= 4 is 6.03 Å². The van der Waals surface area contributed by atoms with Crippen molar-refractivity contribution in [3.05, 3.63) is 36.8 Å². The molecule has 0 spiro atoms. The van der Waals surface area contributed by atoms with E-state index in [0.29, 0.717) is 13.1 Å². The van der Waals surface area contributed by atoms with E-state index in [1.807, 2.05) is 21.7 Å². The van der Waals surface area contributed by atoms with Crippen molar-refractivity contribution in [3.63, 3.8) is 0 Å². The zero-order valence-electron chi connectivity index (χ0n) is 15.7. The average molecular weight is 372 g/mol. The summed E-state index contributed by atoms with van der Waals surface area (Å²) in [4.78, 5) is 21.1. The van der Waals surface area contributed by atoms with Crippen LogP contribution in [-0.2, 0) is 0 Å². The third-order valence-electron chi connectivity index (χ3n) is 5.64. The fourth-order valence-corrected chi connectivity index (χ4v) is 4.18. The number of urea groups is 1. The standard InChI is InChI=1S/C19H28N6O2/c26-19(24-10-4-6-16(13-24)25-15-20-14-22-25)21-12-17(18-7-5-11-27-18)23-8-2-1-3-9-23/h5,7,11,14-17H,1-4,6,8-10,12-13H2,(H,21,26). The molecular weight excluding hydrogens is 344 g/mol. The van der Waals surface area contributed by atoms with Crippen molar-refractivity contribution in [1.82, 2.24) is 29.9 Å². The fraction of sp³-hybridized carbons (Fsp3) is 0.632. The molecule has 146 valence electrons. The second kappa shape index (κ2) is 8.56. The molecule has 0 bridgehead atoms. The monoisotopic (exact) mass is 372 g/mol. The predicted octanol–water partition coefficient (Wildman–Crippen LogP) is 2.44. The van der Waals surface area contributed by atoms with Crippen LogP contribution >= 0.6 is 0 Å². The van der Waals surface area contributed by atoms with E-state index in [-0.39, 0.29) is 18.1 Å². The van der Waals surface area contributed by atoms with Gasteiger partial charge >= 0.3 is 6.03 Å². The molecule has 0 aliphatic carbocycles. The molecule has 0 saturated carbocycles. The third kappa shape index (κ3) is 4.32. The van der Waals surface area contributed by atoms with Gasteiger partial charge in [0, 0.05) is 19.6 Å². The van der Waals surface area contributed by atoms with Crippen LogP contribution < -0.4 is 5.32 Å². The number of furan rings is 1. The minimum absolute atomic E-state index is 0.00613. The maximum Gasteiger partial charge on any atom is 0.317 e. The van der Waals surface area contributed by atoms with Crippen LogP contribution in [-0.4, -0.2) is 63.3 Å². The molecule has 2 unspecified atom stereocenters. The summed E-state index contributed by atoms with van der Waals surface area (Å²) in [5.74, 6) is 0.927. The van der Waals surface area contributed by atoms with Crippen molar-refractivity contribution in [2.45, 2.75) is 44.2 Å². The van der Waals surface area contributed by atoms with Crippen molar-refractivity contribution in [2.24, 2.45) is 0 Å². The van der Waals surface area contributed by atoms with Crippen molar-refractivity contribution < 1.29 is 9.21 Å². The highest BCUT2D eigenvalue weighted by atomic mass is 16.3. The molecule has 1 N–H and O–H groups in total. The maximum atomic E-state index is 12.8. The lowest BCUT2D eigenvalue weighted by Gasteiger charge is -2.35. The number of likely N-dealkylation sites (tertiary alicyclic amines) is 2. The van der Waals surface area contributed by atoms with Gasteiger partial charge in [0.2, 0.25) is 0 Å². The molecule has 8 heteroatoms. The number of hydrogen-bond donors (Lipinski definition) is 1. The van der Waals surface area contributed by atoms with E-state index in [1.54, 1.807) is 18.9 Å². The van der Waals surface area contributed by atoms with Gasteiger partial charge in [-0.15, -0.1) is 0 Å². The summed E-state index contributed by atoms with van der Waals surface area (Å²) in [7, 11) is 0. The minimum atomic E-state index is -0.00613. The van der Waals surface area contributed by atoms with E-state index in [2.05, 4.69) is 20.3 Å². The molecule has 2 fully saturated rings. The molecule has 2 aromatic rings. The summed E-state index contributed by atoms with van der Waals surface area (Å²) in [6.07, 6.45) is 10.7. The van der Waals surface area contributed by atoms with Gasteiger partial charge in [0.15, 0.2) is 0 Å². The van der Waals surface area contributed by atoms with Crippen molar-refractivity contribution in [3.8, 4) is 0 Å². The van der Waals surface area contributed by atoms with Gasteiger partial charge in [-0.2, -0.15) is 5.10 Å². The first-order chi connectivity index (χ1) is 13.3. The van der Waals surface area contributed by atoms with Crippen LogP contribution in [0, 0.1) is 0 Å². The first-order valence-electron chi connectivity index (χ1n) is 9.95. The van der Waals surface area contributed by atoms with Gasteiger partial charge in [-0.3, -0.25) is 4.90 Å². The molecule has 2 saturated heterocycles. The number of piperidine rings is 2. The van der Waals surface area contributed by atoms with E-state index in [9.17, 15) is 4.79 Å². The highest BCUT2D eigenvalue weighted by Gasteiger charge is 2.28. The van der Waals surface area contributed by atoms with Gasteiger partial charge in [0.05, 0.1) is 18.3 Å². The van der Waals surface area contributed by atoms with E-state index in [1.165, 1.54) is 19.3 Å². The molecule has 0 aromatic carbocycles. The van der Waals surface area contributed by atoms with Crippen molar-refractivity contribution in [2.75, 3.05) is 32.7 Å². The number of hydrogen-bond acceptors (Lipinski definition) is 5. The lowest BCUT2D eigenvalue weighted by atomic mass is 10.1. The van der Waals surface area contributed by atoms with Crippen LogP contribution in [0.15, 0.2) is 35.5 Å². The third-order valence-corrected chi connectivity index (χ3v) is 5.64. The van der Waals surface area contributed by atoms with Gasteiger partial charge in [0.1, 0.15) is 18.4 Å². The van der Waals surface area contributed by atoms with Crippen LogP contribution in [0.3, 0.4) is 0 Å². The lowest BCUT2D eigenvalue weighted by molar-refractivity contribution is 0.134. The summed E-state index contributed by atoms with van der Waals surface area (Å²) in [5, 5.41) is 7.37. The highest BCUT2D eigenvalue weighted by molar-refractivity contribution is 5.74. The largest absolute Gasteiger partial charge is 0.468 e. The van der Waals surface area contributed by atoms with Gasteiger partial charge < -0.3 is 14.6 Å².